The number of hydrogen-bond donors (Lipinski definition) is 2. The summed E-state index contributed by atoms with van der Waals surface area (Å²) in [4.78, 5) is 17.3. The van der Waals surface area contributed by atoms with E-state index in [4.69, 9.17) is 9.15 Å². The maximum Gasteiger partial charge on any atom is 0.394 e. The third kappa shape index (κ3) is 3.14. The summed E-state index contributed by atoms with van der Waals surface area (Å²) in [6.07, 6.45) is 5.29. The second kappa shape index (κ2) is 6.49. The van der Waals surface area contributed by atoms with Crippen molar-refractivity contribution in [3.8, 4) is 6.08 Å². The predicted octanol–water partition coefficient (Wildman–Crippen LogP) is 2.46. The summed E-state index contributed by atoms with van der Waals surface area (Å²) in [6, 6.07) is 8.78. The minimum absolute atomic E-state index is 0.00719. The third-order valence-electron chi connectivity index (χ3n) is 4.59. The monoisotopic (exact) mass is 345 g/mol. The fourth-order valence-corrected chi connectivity index (χ4v) is 4.13. The minimum Gasteiger partial charge on any atom is -0.453 e. The van der Waals surface area contributed by atoms with Crippen molar-refractivity contribution in [1.29, 1.82) is 0 Å². The molecule has 2 N–H and O–H groups in total. The Bertz CT molecular complexity index is 731. The number of nitrogens with zero attached hydrogens (tertiary/aromatic N) is 1. The van der Waals surface area contributed by atoms with Crippen LogP contribution in [0.5, 0.6) is 6.08 Å². The van der Waals surface area contributed by atoms with Gasteiger partial charge in [0.1, 0.15) is 0 Å². The number of carbonyl (C=O) groups excluding carboxylic acids is 1. The third-order valence-corrected chi connectivity index (χ3v) is 5.49. The van der Waals surface area contributed by atoms with Gasteiger partial charge < -0.3 is 19.8 Å². The quantitative estimate of drug-likeness (QED) is 0.867. The maximum atomic E-state index is 12.4. The van der Waals surface area contributed by atoms with Gasteiger partial charge in [0, 0.05) is 28.6 Å². The molecule has 0 radical (unpaired) electrons. The molecule has 2 bridgehead atoms. The van der Waals surface area contributed by atoms with Crippen LogP contribution in [0.4, 0.5) is 0 Å². The molecule has 1 aromatic carbocycles. The van der Waals surface area contributed by atoms with E-state index < -0.39 is 0 Å². The molecule has 3 unspecified atom stereocenters. The molecule has 4 rings (SSSR count). The van der Waals surface area contributed by atoms with Gasteiger partial charge in [0.25, 0.3) is 5.91 Å². The summed E-state index contributed by atoms with van der Waals surface area (Å²) >= 11 is 1.44. The molecule has 6 nitrogen and oxygen atoms in total. The Morgan fingerprint density at radius 1 is 1.38 bits per heavy atom. The molecule has 1 aromatic heterocycles. The number of carbonyl (C=O) groups is 1. The van der Waals surface area contributed by atoms with Crippen molar-refractivity contribution in [2.75, 3.05) is 7.11 Å². The lowest BCUT2D eigenvalue weighted by Gasteiger charge is -2.21. The van der Waals surface area contributed by atoms with Gasteiger partial charge >= 0.3 is 6.08 Å². The topological polar surface area (TPSA) is 76.4 Å². The average molecular weight is 345 g/mol. The molecule has 126 valence electrons. The van der Waals surface area contributed by atoms with Crippen molar-refractivity contribution in [3.63, 3.8) is 0 Å². The molecule has 3 atom stereocenters. The molecule has 2 aliphatic rings. The molecule has 3 heterocycles. The van der Waals surface area contributed by atoms with Crippen LogP contribution in [0, 0.1) is 0 Å². The van der Waals surface area contributed by atoms with Crippen molar-refractivity contribution >= 4 is 17.7 Å². The summed E-state index contributed by atoms with van der Waals surface area (Å²) in [6.45, 7) is 0. The lowest BCUT2D eigenvalue weighted by molar-refractivity contribution is 0.0931. The van der Waals surface area contributed by atoms with Crippen LogP contribution in [0.2, 0.25) is 0 Å². The highest BCUT2D eigenvalue weighted by molar-refractivity contribution is 7.99. The second-order valence-electron chi connectivity index (χ2n) is 6.14. The summed E-state index contributed by atoms with van der Waals surface area (Å²) in [7, 11) is 1.51. The number of hydrogen-bond acceptors (Lipinski definition) is 6. The van der Waals surface area contributed by atoms with Gasteiger partial charge in [-0.3, -0.25) is 4.79 Å². The highest BCUT2D eigenvalue weighted by Crippen LogP contribution is 2.30. The van der Waals surface area contributed by atoms with E-state index in [0.717, 1.165) is 17.7 Å². The number of aromatic nitrogens is 1. The molecule has 2 aromatic rings. The summed E-state index contributed by atoms with van der Waals surface area (Å²) in [5.74, 6) is -0.00719. The van der Waals surface area contributed by atoms with E-state index in [9.17, 15) is 4.79 Å². The van der Waals surface area contributed by atoms with Crippen LogP contribution in [-0.2, 0) is 0 Å². The van der Waals surface area contributed by atoms with E-state index in [1.54, 1.807) is 6.20 Å². The molecule has 7 heteroatoms. The minimum atomic E-state index is -0.00719. The fourth-order valence-electron chi connectivity index (χ4n) is 3.41. The smallest absolute Gasteiger partial charge is 0.394 e. The Morgan fingerprint density at radius 3 is 2.83 bits per heavy atom. The number of methoxy groups -OCH3 is 1. The zero-order valence-electron chi connectivity index (χ0n) is 13.3. The molecular formula is C17H19N3O3S. The molecule has 1 amide bonds. The summed E-state index contributed by atoms with van der Waals surface area (Å²) < 4.78 is 10.3. The highest BCUT2D eigenvalue weighted by Gasteiger charge is 2.39. The Hall–Kier alpha value is -1.99. The number of amides is 1. The van der Waals surface area contributed by atoms with E-state index in [1.165, 1.54) is 25.3 Å². The lowest BCUT2D eigenvalue weighted by atomic mass is 9.95. The van der Waals surface area contributed by atoms with E-state index in [0.29, 0.717) is 22.7 Å². The van der Waals surface area contributed by atoms with Crippen LogP contribution >= 0.6 is 11.8 Å². The Kier molecular flexibility index (Phi) is 4.20. The average Bonchev–Trinajstić information content (AvgIpc) is 3.32. The number of nitrogens with one attached hydrogen (secondary N) is 2. The zero-order chi connectivity index (χ0) is 16.5. The van der Waals surface area contributed by atoms with Gasteiger partial charge in [0.2, 0.25) is 0 Å². The van der Waals surface area contributed by atoms with Crippen molar-refractivity contribution in [2.45, 2.75) is 47.4 Å². The SMILES string of the molecule is COc1ncc(Sc2ccc(C(=O)NC3CC4CCC3N4)cc2)o1. The number of ether oxygens (including phenoxy) is 1. The van der Waals surface area contributed by atoms with Crippen molar-refractivity contribution in [1.82, 2.24) is 15.6 Å². The molecule has 0 saturated carbocycles. The number of rotatable bonds is 5. The Morgan fingerprint density at radius 2 is 2.21 bits per heavy atom. The van der Waals surface area contributed by atoms with Crippen LogP contribution in [0.1, 0.15) is 29.6 Å². The van der Waals surface area contributed by atoms with Crippen LogP contribution < -0.4 is 15.4 Å². The van der Waals surface area contributed by atoms with Gasteiger partial charge in [-0.05, 0) is 43.5 Å². The largest absolute Gasteiger partial charge is 0.453 e. The first kappa shape index (κ1) is 15.5. The van der Waals surface area contributed by atoms with Crippen LogP contribution in [-0.4, -0.2) is 36.1 Å². The van der Waals surface area contributed by atoms with Crippen molar-refractivity contribution < 1.29 is 13.9 Å². The first-order chi connectivity index (χ1) is 11.7. The van der Waals surface area contributed by atoms with Gasteiger partial charge in [0.05, 0.1) is 13.3 Å². The summed E-state index contributed by atoms with van der Waals surface area (Å²) in [5, 5.41) is 7.34. The molecule has 0 spiro atoms. The van der Waals surface area contributed by atoms with Crippen LogP contribution in [0.25, 0.3) is 0 Å². The number of fused-ring (bicyclic) bond motifs is 2. The first-order valence-electron chi connectivity index (χ1n) is 8.06. The molecule has 2 saturated heterocycles. The highest BCUT2D eigenvalue weighted by atomic mass is 32.2. The zero-order valence-corrected chi connectivity index (χ0v) is 14.1. The van der Waals surface area contributed by atoms with Gasteiger partial charge in [-0.2, -0.15) is 4.98 Å². The first-order valence-corrected chi connectivity index (χ1v) is 8.87. The summed E-state index contributed by atoms with van der Waals surface area (Å²) in [5.41, 5.74) is 0.678. The fraction of sp³-hybridized carbons (Fsp3) is 0.412. The van der Waals surface area contributed by atoms with Crippen molar-refractivity contribution in [2.24, 2.45) is 0 Å². The van der Waals surface area contributed by atoms with E-state index in [2.05, 4.69) is 15.6 Å². The van der Waals surface area contributed by atoms with Crippen molar-refractivity contribution in [3.05, 3.63) is 36.0 Å². The van der Waals surface area contributed by atoms with Gasteiger partial charge in [-0.1, -0.05) is 11.8 Å². The Labute approximate surface area is 144 Å². The number of benzene rings is 1. The van der Waals surface area contributed by atoms with Gasteiger partial charge in [-0.15, -0.1) is 0 Å². The number of oxazole rings is 1. The lowest BCUT2D eigenvalue weighted by Crippen LogP contribution is -2.42. The second-order valence-corrected chi connectivity index (χ2v) is 7.22. The standard InChI is InChI=1S/C17H19N3O3S/c1-22-17-18-9-15(23-17)24-12-5-2-10(3-6-12)16(21)20-14-8-11-4-7-13(14)19-11/h2-3,5-6,9,11,13-14,19H,4,7-8H2,1H3,(H,20,21). The van der Waals surface area contributed by atoms with Crippen LogP contribution in [0.15, 0.2) is 44.9 Å². The Balaban J connectivity index is 1.37. The molecule has 24 heavy (non-hydrogen) atoms. The van der Waals surface area contributed by atoms with E-state index in [1.807, 2.05) is 24.3 Å². The van der Waals surface area contributed by atoms with Crippen LogP contribution in [0.3, 0.4) is 0 Å². The maximum absolute atomic E-state index is 12.4. The molecular weight excluding hydrogens is 326 g/mol. The van der Waals surface area contributed by atoms with Gasteiger partial charge in [0.15, 0.2) is 5.09 Å². The van der Waals surface area contributed by atoms with E-state index in [-0.39, 0.29) is 18.0 Å². The molecule has 0 aliphatic carbocycles. The van der Waals surface area contributed by atoms with Gasteiger partial charge in [-0.25, -0.2) is 0 Å². The molecule has 2 fully saturated rings. The predicted molar refractivity (Wildman–Crippen MR) is 89.4 cm³/mol. The van der Waals surface area contributed by atoms with E-state index >= 15 is 0 Å². The normalized spacial score (nSPS) is 25.0. The molecule has 2 aliphatic heterocycles.